The summed E-state index contributed by atoms with van der Waals surface area (Å²) in [4.78, 5) is 18.0. The molecule has 6 nitrogen and oxygen atoms in total. The highest BCUT2D eigenvalue weighted by molar-refractivity contribution is 7.15. The van der Waals surface area contributed by atoms with Crippen molar-refractivity contribution in [2.45, 2.75) is 26.3 Å². The maximum Gasteiger partial charge on any atom is 0.275 e. The number of hydrogen-bond acceptors (Lipinski definition) is 5. The van der Waals surface area contributed by atoms with Crippen LogP contribution in [-0.4, -0.2) is 27.2 Å². The molecule has 2 aromatic heterocycles. The molecule has 2 aromatic rings. The molecule has 2 N–H and O–H groups in total. The number of aromatic nitrogens is 3. The molecule has 106 valence electrons. The van der Waals surface area contributed by atoms with E-state index in [1.54, 1.807) is 23.1 Å². The summed E-state index contributed by atoms with van der Waals surface area (Å²) in [5, 5.41) is 11.1. The van der Waals surface area contributed by atoms with Crippen LogP contribution in [0.2, 0.25) is 0 Å². The summed E-state index contributed by atoms with van der Waals surface area (Å²) in [6.45, 7) is 3.81. The first-order valence-corrected chi connectivity index (χ1v) is 7.52. The van der Waals surface area contributed by atoms with Crippen LogP contribution >= 0.6 is 11.3 Å². The molecule has 7 heteroatoms. The number of nitrogens with one attached hydrogen (secondary N) is 2. The number of fused-ring (bicyclic) bond motifs is 1. The molecule has 20 heavy (non-hydrogen) atoms. The quantitative estimate of drug-likeness (QED) is 0.895. The van der Waals surface area contributed by atoms with Crippen molar-refractivity contribution in [3.8, 4) is 0 Å². The third kappa shape index (κ3) is 2.46. The van der Waals surface area contributed by atoms with Gasteiger partial charge in [0.05, 0.1) is 11.4 Å². The second-order valence-corrected chi connectivity index (χ2v) is 5.85. The highest BCUT2D eigenvalue weighted by Crippen LogP contribution is 2.25. The summed E-state index contributed by atoms with van der Waals surface area (Å²) >= 11 is 1.54. The van der Waals surface area contributed by atoms with Gasteiger partial charge in [-0.1, -0.05) is 6.92 Å². The smallest absolute Gasteiger partial charge is 0.275 e. The molecule has 1 amide bonds. The Bertz CT molecular complexity index is 622. The van der Waals surface area contributed by atoms with Gasteiger partial charge in [-0.15, -0.1) is 11.3 Å². The van der Waals surface area contributed by atoms with Crippen LogP contribution in [0.25, 0.3) is 0 Å². The van der Waals surface area contributed by atoms with Crippen LogP contribution in [0.1, 0.15) is 33.7 Å². The second kappa shape index (κ2) is 5.34. The number of carbonyl (C=O) groups excluding carboxylic acids is 1. The molecule has 0 radical (unpaired) electrons. The van der Waals surface area contributed by atoms with Gasteiger partial charge >= 0.3 is 0 Å². The van der Waals surface area contributed by atoms with E-state index in [2.05, 4.69) is 20.7 Å². The van der Waals surface area contributed by atoms with Gasteiger partial charge in [0.2, 0.25) is 0 Å². The third-order valence-corrected chi connectivity index (χ3v) is 4.36. The van der Waals surface area contributed by atoms with E-state index in [9.17, 15) is 4.79 Å². The minimum Gasteiger partial charge on any atom is -0.311 e. The molecule has 0 atom stereocenters. The van der Waals surface area contributed by atoms with Gasteiger partial charge in [0, 0.05) is 31.4 Å². The predicted molar refractivity (Wildman–Crippen MR) is 78.1 cm³/mol. The lowest BCUT2D eigenvalue weighted by atomic mass is 10.2. The Morgan fingerprint density at radius 2 is 2.45 bits per heavy atom. The van der Waals surface area contributed by atoms with Crippen LogP contribution < -0.4 is 10.6 Å². The van der Waals surface area contributed by atoms with Crippen LogP contribution in [0.5, 0.6) is 0 Å². The largest absolute Gasteiger partial charge is 0.311 e. The number of amides is 1. The van der Waals surface area contributed by atoms with Gasteiger partial charge in [-0.05, 0) is 12.5 Å². The van der Waals surface area contributed by atoms with Crippen molar-refractivity contribution in [1.29, 1.82) is 0 Å². The Kier molecular flexibility index (Phi) is 3.54. The van der Waals surface area contributed by atoms with Crippen molar-refractivity contribution < 1.29 is 4.79 Å². The summed E-state index contributed by atoms with van der Waals surface area (Å²) in [6, 6.07) is 1.82. The molecule has 0 fully saturated rings. The first-order chi connectivity index (χ1) is 9.67. The molecule has 3 rings (SSSR count). The van der Waals surface area contributed by atoms with E-state index >= 15 is 0 Å². The summed E-state index contributed by atoms with van der Waals surface area (Å²) in [7, 11) is 1.78. The maximum absolute atomic E-state index is 12.3. The molecule has 0 unspecified atom stereocenters. The van der Waals surface area contributed by atoms with Gasteiger partial charge in [0.25, 0.3) is 5.91 Å². The lowest BCUT2D eigenvalue weighted by Gasteiger charge is -2.09. The van der Waals surface area contributed by atoms with E-state index in [0.29, 0.717) is 10.8 Å². The van der Waals surface area contributed by atoms with Crippen LogP contribution in [0.3, 0.4) is 0 Å². The summed E-state index contributed by atoms with van der Waals surface area (Å²) in [5.74, 6) is -0.154. The molecule has 0 spiro atoms. The monoisotopic (exact) mass is 291 g/mol. The summed E-state index contributed by atoms with van der Waals surface area (Å²) in [6.07, 6.45) is 1.74. The first-order valence-electron chi connectivity index (χ1n) is 6.71. The van der Waals surface area contributed by atoms with Crippen molar-refractivity contribution in [3.05, 3.63) is 28.0 Å². The standard InChI is InChI=1S/C13H17N5OS/c1-3-8-6-10(18(2)17-8)12(19)16-13-15-9-4-5-14-7-11(9)20-13/h6,14H,3-5,7H2,1-2H3,(H,15,16,19). The minimum absolute atomic E-state index is 0.154. The van der Waals surface area contributed by atoms with Crippen molar-refractivity contribution in [2.75, 3.05) is 11.9 Å². The molecule has 0 aromatic carbocycles. The third-order valence-electron chi connectivity index (χ3n) is 3.35. The van der Waals surface area contributed by atoms with Crippen LogP contribution in [-0.2, 0) is 26.4 Å². The zero-order valence-corrected chi connectivity index (χ0v) is 12.4. The molecule has 0 saturated carbocycles. The lowest BCUT2D eigenvalue weighted by Crippen LogP contribution is -2.22. The fourth-order valence-corrected chi connectivity index (χ4v) is 3.22. The number of anilines is 1. The maximum atomic E-state index is 12.3. The number of rotatable bonds is 3. The molecule has 0 saturated heterocycles. The highest BCUT2D eigenvalue weighted by atomic mass is 32.1. The average molecular weight is 291 g/mol. The van der Waals surface area contributed by atoms with E-state index < -0.39 is 0 Å². The van der Waals surface area contributed by atoms with Gasteiger partial charge < -0.3 is 5.32 Å². The summed E-state index contributed by atoms with van der Waals surface area (Å²) < 4.78 is 1.61. The molecule has 0 aliphatic carbocycles. The SMILES string of the molecule is CCc1cc(C(=O)Nc2nc3c(s2)CNCC3)n(C)n1. The molecule has 3 heterocycles. The number of aryl methyl sites for hydroxylation is 2. The fraction of sp³-hybridized carbons (Fsp3) is 0.462. The average Bonchev–Trinajstić information content (AvgIpc) is 3.01. The van der Waals surface area contributed by atoms with Crippen LogP contribution in [0.4, 0.5) is 5.13 Å². The zero-order valence-electron chi connectivity index (χ0n) is 11.6. The molecule has 1 aliphatic heterocycles. The number of thiazole rings is 1. The first kappa shape index (κ1) is 13.3. The molecular formula is C13H17N5OS. The Labute approximate surface area is 121 Å². The lowest BCUT2D eigenvalue weighted by molar-refractivity contribution is 0.101. The van der Waals surface area contributed by atoms with Gasteiger partial charge in [-0.3, -0.25) is 14.8 Å². The van der Waals surface area contributed by atoms with Gasteiger partial charge in [-0.2, -0.15) is 5.10 Å². The Hall–Kier alpha value is -1.73. The van der Waals surface area contributed by atoms with E-state index in [-0.39, 0.29) is 5.91 Å². The van der Waals surface area contributed by atoms with Crippen molar-refractivity contribution in [1.82, 2.24) is 20.1 Å². The number of carbonyl (C=O) groups is 1. The van der Waals surface area contributed by atoms with Gasteiger partial charge in [0.15, 0.2) is 5.13 Å². The van der Waals surface area contributed by atoms with Gasteiger partial charge in [0.1, 0.15) is 5.69 Å². The Morgan fingerprint density at radius 1 is 1.60 bits per heavy atom. The van der Waals surface area contributed by atoms with Crippen molar-refractivity contribution in [3.63, 3.8) is 0 Å². The molecule has 0 bridgehead atoms. The minimum atomic E-state index is -0.154. The van der Waals surface area contributed by atoms with Crippen LogP contribution in [0, 0.1) is 0 Å². The Morgan fingerprint density at radius 3 is 3.15 bits per heavy atom. The highest BCUT2D eigenvalue weighted by Gasteiger charge is 2.18. The number of nitrogens with zero attached hydrogens (tertiary/aromatic N) is 3. The normalized spacial score (nSPS) is 14.1. The van der Waals surface area contributed by atoms with Crippen LogP contribution in [0.15, 0.2) is 6.07 Å². The van der Waals surface area contributed by atoms with Crippen molar-refractivity contribution >= 4 is 22.4 Å². The van der Waals surface area contributed by atoms with E-state index in [1.807, 2.05) is 13.0 Å². The van der Waals surface area contributed by atoms with Gasteiger partial charge in [-0.25, -0.2) is 4.98 Å². The van der Waals surface area contributed by atoms with E-state index in [4.69, 9.17) is 0 Å². The van der Waals surface area contributed by atoms with E-state index in [0.717, 1.165) is 37.3 Å². The predicted octanol–water partition coefficient (Wildman–Crippen LogP) is 1.34. The summed E-state index contributed by atoms with van der Waals surface area (Å²) in [5.41, 5.74) is 2.58. The van der Waals surface area contributed by atoms with Crippen molar-refractivity contribution in [2.24, 2.45) is 7.05 Å². The molecule has 1 aliphatic rings. The molecular weight excluding hydrogens is 274 g/mol. The number of hydrogen-bond donors (Lipinski definition) is 2. The second-order valence-electron chi connectivity index (χ2n) is 4.77. The fourth-order valence-electron chi connectivity index (χ4n) is 2.25. The zero-order chi connectivity index (χ0) is 14.1. The van der Waals surface area contributed by atoms with E-state index in [1.165, 1.54) is 4.88 Å². The Balaban J connectivity index is 1.78. The topological polar surface area (TPSA) is 71.8 Å².